The zero-order valence-electron chi connectivity index (χ0n) is 15.7. The van der Waals surface area contributed by atoms with Gasteiger partial charge >= 0.3 is 0 Å². The fourth-order valence-corrected chi connectivity index (χ4v) is 4.47. The van der Waals surface area contributed by atoms with E-state index in [0.717, 1.165) is 32.5 Å². The van der Waals surface area contributed by atoms with Gasteiger partial charge in [0.2, 0.25) is 0 Å². The van der Waals surface area contributed by atoms with Crippen LogP contribution >= 0.6 is 11.3 Å². The summed E-state index contributed by atoms with van der Waals surface area (Å²) in [5.41, 5.74) is 3.64. The van der Waals surface area contributed by atoms with E-state index >= 15 is 0 Å². The number of rotatable bonds is 3. The highest BCUT2D eigenvalue weighted by Gasteiger charge is 2.19. The van der Waals surface area contributed by atoms with E-state index in [2.05, 4.69) is 20.6 Å². The maximum absolute atomic E-state index is 12.9. The molecule has 144 valence electrons. The molecule has 0 aliphatic heterocycles. The predicted molar refractivity (Wildman–Crippen MR) is 114 cm³/mol. The minimum Gasteiger partial charge on any atom is -0.508 e. The molecule has 0 fully saturated rings. The summed E-state index contributed by atoms with van der Waals surface area (Å²) in [4.78, 5) is 14.4. The molecule has 0 aliphatic carbocycles. The van der Waals surface area contributed by atoms with E-state index in [-0.39, 0.29) is 11.7 Å². The lowest BCUT2D eigenvalue weighted by Gasteiger charge is -2.05. The number of anilines is 1. The molecule has 0 spiro atoms. The fraction of sp³-hybridized carbons (Fsp3) is 0.0952. The summed E-state index contributed by atoms with van der Waals surface area (Å²) in [6.07, 6.45) is 0. The van der Waals surface area contributed by atoms with Gasteiger partial charge in [0, 0.05) is 16.8 Å². The molecule has 0 saturated carbocycles. The summed E-state index contributed by atoms with van der Waals surface area (Å²) in [6, 6.07) is 14.7. The van der Waals surface area contributed by atoms with Crippen molar-refractivity contribution in [2.45, 2.75) is 13.8 Å². The van der Waals surface area contributed by atoms with Crippen LogP contribution in [0.1, 0.15) is 20.9 Å². The number of fused-ring (bicyclic) bond motifs is 2. The Bertz CT molecular complexity index is 1400. The smallest absolute Gasteiger partial charge is 0.267 e. The number of nitrogens with zero attached hydrogens (tertiary/aromatic N) is 3. The van der Waals surface area contributed by atoms with Gasteiger partial charge < -0.3 is 10.4 Å². The number of para-hydroxylation sites is 1. The largest absolute Gasteiger partial charge is 0.508 e. The second-order valence-electron chi connectivity index (χ2n) is 6.87. The molecule has 0 aliphatic rings. The number of aryl methyl sites for hydroxylation is 2. The molecule has 3 heterocycles. The number of nitrogens with one attached hydrogen (secondary N) is 2. The SMILES string of the molecule is Cc1ccccc1-n1nc(C)c2cc(C(=O)Nc3n[nH]c4cc(O)ccc34)sc21. The van der Waals surface area contributed by atoms with Crippen LogP contribution in [0.2, 0.25) is 0 Å². The van der Waals surface area contributed by atoms with Gasteiger partial charge in [-0.3, -0.25) is 9.89 Å². The van der Waals surface area contributed by atoms with Crippen molar-refractivity contribution in [2.75, 3.05) is 5.32 Å². The summed E-state index contributed by atoms with van der Waals surface area (Å²) in [6.45, 7) is 3.99. The Morgan fingerprint density at radius 3 is 2.79 bits per heavy atom. The maximum Gasteiger partial charge on any atom is 0.267 e. The van der Waals surface area contributed by atoms with Crippen LogP contribution in [0.15, 0.2) is 48.5 Å². The van der Waals surface area contributed by atoms with E-state index in [1.807, 2.05) is 48.9 Å². The molecule has 2 aromatic carbocycles. The van der Waals surface area contributed by atoms with Crippen LogP contribution in [0, 0.1) is 13.8 Å². The van der Waals surface area contributed by atoms with Crippen molar-refractivity contribution in [3.63, 3.8) is 0 Å². The molecule has 0 atom stereocenters. The number of aromatic hydroxyl groups is 1. The van der Waals surface area contributed by atoms with Gasteiger partial charge in [-0.15, -0.1) is 11.3 Å². The van der Waals surface area contributed by atoms with E-state index in [1.165, 1.54) is 11.3 Å². The Kier molecular flexibility index (Phi) is 3.88. The molecule has 0 bridgehead atoms. The summed E-state index contributed by atoms with van der Waals surface area (Å²) in [5, 5.41) is 25.8. The van der Waals surface area contributed by atoms with Crippen LogP contribution in [0.4, 0.5) is 5.82 Å². The van der Waals surface area contributed by atoms with Gasteiger partial charge in [-0.05, 0) is 43.7 Å². The highest BCUT2D eigenvalue weighted by molar-refractivity contribution is 7.20. The quantitative estimate of drug-likeness (QED) is 0.412. The zero-order valence-corrected chi connectivity index (χ0v) is 16.5. The number of benzene rings is 2. The normalized spacial score (nSPS) is 11.4. The van der Waals surface area contributed by atoms with Gasteiger partial charge in [-0.1, -0.05) is 18.2 Å². The summed E-state index contributed by atoms with van der Waals surface area (Å²) in [7, 11) is 0. The first kappa shape index (κ1) is 17.4. The minimum atomic E-state index is -0.233. The number of phenols is 1. The molecule has 1 amide bonds. The number of carbonyl (C=O) groups excluding carboxylic acids is 1. The molecule has 0 radical (unpaired) electrons. The third kappa shape index (κ3) is 2.85. The number of hydrogen-bond acceptors (Lipinski definition) is 5. The fourth-order valence-electron chi connectivity index (χ4n) is 3.40. The van der Waals surface area contributed by atoms with Crippen molar-refractivity contribution >= 4 is 44.2 Å². The monoisotopic (exact) mass is 403 g/mol. The third-order valence-corrected chi connectivity index (χ3v) is 6.00. The number of aromatic nitrogens is 4. The average Bonchev–Trinajstić information content (AvgIpc) is 3.38. The van der Waals surface area contributed by atoms with Crippen LogP contribution in [0.3, 0.4) is 0 Å². The third-order valence-electron chi connectivity index (χ3n) is 4.89. The second-order valence-corrected chi connectivity index (χ2v) is 7.90. The van der Waals surface area contributed by atoms with Crippen molar-refractivity contribution in [3.05, 3.63) is 64.7 Å². The molecule has 3 aromatic heterocycles. The first-order valence-corrected chi connectivity index (χ1v) is 9.86. The predicted octanol–water partition coefficient (Wildman–Crippen LogP) is 4.54. The van der Waals surface area contributed by atoms with E-state index in [1.54, 1.807) is 18.2 Å². The van der Waals surface area contributed by atoms with Gasteiger partial charge in [-0.25, -0.2) is 4.68 Å². The molecule has 5 rings (SSSR count). The number of hydrogen-bond donors (Lipinski definition) is 3. The molecule has 0 saturated heterocycles. The average molecular weight is 403 g/mol. The highest BCUT2D eigenvalue weighted by Crippen LogP contribution is 2.32. The molecular weight excluding hydrogens is 386 g/mol. The van der Waals surface area contributed by atoms with Gasteiger partial charge in [0.1, 0.15) is 10.6 Å². The molecule has 29 heavy (non-hydrogen) atoms. The number of H-pyrrole nitrogens is 1. The van der Waals surface area contributed by atoms with Crippen molar-refractivity contribution in [2.24, 2.45) is 0 Å². The lowest BCUT2D eigenvalue weighted by molar-refractivity contribution is 0.103. The van der Waals surface area contributed by atoms with Crippen molar-refractivity contribution in [3.8, 4) is 11.4 Å². The van der Waals surface area contributed by atoms with Gasteiger partial charge in [-0.2, -0.15) is 10.2 Å². The molecular formula is C21H17N5O2S. The van der Waals surface area contributed by atoms with E-state index in [4.69, 9.17) is 0 Å². The van der Waals surface area contributed by atoms with Gasteiger partial charge in [0.25, 0.3) is 5.91 Å². The number of thiophene rings is 1. The zero-order chi connectivity index (χ0) is 20.1. The van der Waals surface area contributed by atoms with Crippen LogP contribution in [-0.4, -0.2) is 31.0 Å². The molecule has 0 unspecified atom stereocenters. The number of aromatic amines is 1. The van der Waals surface area contributed by atoms with E-state index in [9.17, 15) is 9.90 Å². The number of phenolic OH excluding ortho intramolecular Hbond substituents is 1. The van der Waals surface area contributed by atoms with Crippen LogP contribution in [0.25, 0.3) is 26.8 Å². The van der Waals surface area contributed by atoms with Crippen molar-refractivity contribution in [1.29, 1.82) is 0 Å². The molecule has 3 N–H and O–H groups in total. The van der Waals surface area contributed by atoms with Crippen molar-refractivity contribution < 1.29 is 9.90 Å². The Morgan fingerprint density at radius 1 is 1.14 bits per heavy atom. The molecule has 5 aromatic rings. The Morgan fingerprint density at radius 2 is 1.97 bits per heavy atom. The lowest BCUT2D eigenvalue weighted by atomic mass is 10.2. The van der Waals surface area contributed by atoms with Crippen LogP contribution < -0.4 is 5.32 Å². The summed E-state index contributed by atoms with van der Waals surface area (Å²) in [5.74, 6) is 0.336. The topological polar surface area (TPSA) is 95.8 Å². The van der Waals surface area contributed by atoms with Crippen LogP contribution in [0.5, 0.6) is 5.75 Å². The molecule has 8 heteroatoms. The lowest BCUT2D eigenvalue weighted by Crippen LogP contribution is -2.10. The maximum atomic E-state index is 12.9. The Hall–Kier alpha value is -3.65. The number of amides is 1. The van der Waals surface area contributed by atoms with E-state index < -0.39 is 0 Å². The van der Waals surface area contributed by atoms with Crippen LogP contribution in [-0.2, 0) is 0 Å². The Balaban J connectivity index is 1.53. The van der Waals surface area contributed by atoms with E-state index in [0.29, 0.717) is 16.2 Å². The molecule has 7 nitrogen and oxygen atoms in total. The van der Waals surface area contributed by atoms with Gasteiger partial charge in [0.05, 0.1) is 21.8 Å². The highest BCUT2D eigenvalue weighted by atomic mass is 32.1. The first-order valence-electron chi connectivity index (χ1n) is 9.05. The minimum absolute atomic E-state index is 0.139. The first-order chi connectivity index (χ1) is 14.0. The number of carbonyl (C=O) groups is 1. The Labute approximate surface area is 169 Å². The summed E-state index contributed by atoms with van der Waals surface area (Å²) < 4.78 is 1.90. The summed E-state index contributed by atoms with van der Waals surface area (Å²) >= 11 is 1.40. The van der Waals surface area contributed by atoms with Crippen molar-refractivity contribution in [1.82, 2.24) is 20.0 Å². The second kappa shape index (κ2) is 6.46. The standard InChI is InChI=1S/C21H17N5O2S/c1-11-5-3-4-6-17(11)26-21-15(12(2)25-26)10-18(29-21)20(28)22-19-14-8-7-13(27)9-16(14)23-24-19/h3-10,27H,1-2H3,(H2,22,23,24,28). The van der Waals surface area contributed by atoms with Gasteiger partial charge in [0.15, 0.2) is 5.82 Å².